The van der Waals surface area contributed by atoms with Gasteiger partial charge in [0.05, 0.1) is 5.92 Å². The van der Waals surface area contributed by atoms with Crippen LogP contribution in [0.3, 0.4) is 0 Å². The van der Waals surface area contributed by atoms with E-state index in [1.807, 2.05) is 13.8 Å². The third kappa shape index (κ3) is 9.32. The molecule has 0 bridgehead atoms. The van der Waals surface area contributed by atoms with Crippen LogP contribution in [-0.4, -0.2) is 30.2 Å². The standard InChI is InChI=1S/C16H32N2O3/c1-6-7-8-9-16(4,5)11-18-15(21)17-10-13(12(2)3)14(19)20/h12-13H,6-11H2,1-5H3,(H,19,20)(H2,17,18,21). The number of hydrogen-bond donors (Lipinski definition) is 3. The highest BCUT2D eigenvalue weighted by Gasteiger charge is 2.23. The maximum absolute atomic E-state index is 11.8. The van der Waals surface area contributed by atoms with E-state index in [2.05, 4.69) is 31.4 Å². The van der Waals surface area contributed by atoms with Gasteiger partial charge in [-0.1, -0.05) is 53.9 Å². The number of amides is 2. The fourth-order valence-corrected chi connectivity index (χ4v) is 2.13. The minimum Gasteiger partial charge on any atom is -0.481 e. The van der Waals surface area contributed by atoms with Crippen LogP contribution in [0.25, 0.3) is 0 Å². The van der Waals surface area contributed by atoms with E-state index in [-0.39, 0.29) is 23.9 Å². The number of unbranched alkanes of at least 4 members (excludes halogenated alkanes) is 2. The van der Waals surface area contributed by atoms with Crippen LogP contribution in [0.15, 0.2) is 0 Å². The highest BCUT2D eigenvalue weighted by Crippen LogP contribution is 2.22. The van der Waals surface area contributed by atoms with Gasteiger partial charge in [-0.15, -0.1) is 0 Å². The lowest BCUT2D eigenvalue weighted by molar-refractivity contribution is -0.142. The molecule has 0 aliphatic carbocycles. The number of urea groups is 1. The molecular weight excluding hydrogens is 268 g/mol. The molecule has 0 aromatic rings. The molecule has 0 fully saturated rings. The van der Waals surface area contributed by atoms with Crippen LogP contribution in [0.4, 0.5) is 4.79 Å². The summed E-state index contributed by atoms with van der Waals surface area (Å²) in [5.74, 6) is -1.42. The van der Waals surface area contributed by atoms with Gasteiger partial charge in [-0.05, 0) is 17.8 Å². The molecule has 1 unspecified atom stereocenters. The lowest BCUT2D eigenvalue weighted by atomic mass is 9.87. The van der Waals surface area contributed by atoms with Crippen molar-refractivity contribution in [1.29, 1.82) is 0 Å². The Morgan fingerprint density at radius 1 is 1.14 bits per heavy atom. The van der Waals surface area contributed by atoms with Gasteiger partial charge >= 0.3 is 12.0 Å². The number of carbonyl (C=O) groups excluding carboxylic acids is 1. The van der Waals surface area contributed by atoms with Gasteiger partial charge < -0.3 is 15.7 Å². The maximum atomic E-state index is 11.8. The molecule has 0 aliphatic rings. The van der Waals surface area contributed by atoms with Crippen molar-refractivity contribution in [3.63, 3.8) is 0 Å². The minimum atomic E-state index is -0.870. The van der Waals surface area contributed by atoms with Gasteiger partial charge in [-0.25, -0.2) is 4.79 Å². The van der Waals surface area contributed by atoms with Crippen molar-refractivity contribution < 1.29 is 14.7 Å². The third-order valence-corrected chi connectivity index (χ3v) is 3.79. The Bertz CT molecular complexity index is 327. The molecule has 3 N–H and O–H groups in total. The van der Waals surface area contributed by atoms with Crippen LogP contribution >= 0.6 is 0 Å². The molecule has 0 aromatic carbocycles. The van der Waals surface area contributed by atoms with Gasteiger partial charge in [0, 0.05) is 13.1 Å². The number of aliphatic carboxylic acids is 1. The highest BCUT2D eigenvalue weighted by atomic mass is 16.4. The van der Waals surface area contributed by atoms with Crippen molar-refractivity contribution in [1.82, 2.24) is 10.6 Å². The Morgan fingerprint density at radius 3 is 2.24 bits per heavy atom. The molecule has 0 rings (SSSR count). The van der Waals surface area contributed by atoms with E-state index in [1.165, 1.54) is 19.3 Å². The average molecular weight is 300 g/mol. The van der Waals surface area contributed by atoms with Crippen molar-refractivity contribution in [2.24, 2.45) is 17.3 Å². The largest absolute Gasteiger partial charge is 0.481 e. The maximum Gasteiger partial charge on any atom is 0.314 e. The smallest absolute Gasteiger partial charge is 0.314 e. The zero-order valence-corrected chi connectivity index (χ0v) is 14.2. The quantitative estimate of drug-likeness (QED) is 0.542. The van der Waals surface area contributed by atoms with E-state index < -0.39 is 11.9 Å². The van der Waals surface area contributed by atoms with Gasteiger partial charge in [0.15, 0.2) is 0 Å². The van der Waals surface area contributed by atoms with Crippen molar-refractivity contribution in [2.75, 3.05) is 13.1 Å². The fraction of sp³-hybridized carbons (Fsp3) is 0.875. The number of hydrogen-bond acceptors (Lipinski definition) is 2. The van der Waals surface area contributed by atoms with Crippen LogP contribution in [0, 0.1) is 17.3 Å². The Kier molecular flexibility index (Phi) is 9.06. The zero-order chi connectivity index (χ0) is 16.5. The van der Waals surface area contributed by atoms with E-state index in [9.17, 15) is 9.59 Å². The fourth-order valence-electron chi connectivity index (χ4n) is 2.13. The Hall–Kier alpha value is -1.26. The van der Waals surface area contributed by atoms with E-state index in [0.717, 1.165) is 6.42 Å². The number of carboxylic acids is 1. The predicted molar refractivity (Wildman–Crippen MR) is 85.3 cm³/mol. The normalized spacial score (nSPS) is 13.0. The van der Waals surface area contributed by atoms with Crippen molar-refractivity contribution in [2.45, 2.75) is 60.3 Å². The van der Waals surface area contributed by atoms with Gasteiger partial charge in [-0.3, -0.25) is 4.79 Å². The van der Waals surface area contributed by atoms with Crippen molar-refractivity contribution >= 4 is 12.0 Å². The van der Waals surface area contributed by atoms with E-state index in [4.69, 9.17) is 5.11 Å². The molecule has 2 amide bonds. The van der Waals surface area contributed by atoms with Gasteiger partial charge in [-0.2, -0.15) is 0 Å². The molecule has 124 valence electrons. The summed E-state index contributed by atoms with van der Waals surface area (Å²) in [4.78, 5) is 22.8. The van der Waals surface area contributed by atoms with Gasteiger partial charge in [0.25, 0.3) is 0 Å². The molecule has 0 aliphatic heterocycles. The molecule has 1 atom stereocenters. The second-order valence-corrected chi connectivity index (χ2v) is 6.87. The van der Waals surface area contributed by atoms with Crippen LogP contribution < -0.4 is 10.6 Å². The molecule has 0 spiro atoms. The summed E-state index contributed by atoms with van der Waals surface area (Å²) < 4.78 is 0. The SMILES string of the molecule is CCCCCC(C)(C)CNC(=O)NCC(C(=O)O)C(C)C. The zero-order valence-electron chi connectivity index (χ0n) is 14.2. The molecule has 5 heteroatoms. The number of nitrogens with one attached hydrogen (secondary N) is 2. The number of rotatable bonds is 10. The highest BCUT2D eigenvalue weighted by molar-refractivity contribution is 5.75. The van der Waals surface area contributed by atoms with Gasteiger partial charge in [0.1, 0.15) is 0 Å². The first-order valence-corrected chi connectivity index (χ1v) is 7.94. The molecular formula is C16H32N2O3. The predicted octanol–water partition coefficient (Wildman–Crippen LogP) is 3.25. The summed E-state index contributed by atoms with van der Waals surface area (Å²) in [6.45, 7) is 10.9. The number of carbonyl (C=O) groups is 2. The van der Waals surface area contributed by atoms with E-state index >= 15 is 0 Å². The van der Waals surface area contributed by atoms with Gasteiger partial charge in [0.2, 0.25) is 0 Å². The first-order chi connectivity index (χ1) is 9.69. The van der Waals surface area contributed by atoms with Crippen molar-refractivity contribution in [3.8, 4) is 0 Å². The summed E-state index contributed by atoms with van der Waals surface area (Å²) >= 11 is 0. The van der Waals surface area contributed by atoms with Crippen LogP contribution in [0.1, 0.15) is 60.3 Å². The lowest BCUT2D eigenvalue weighted by Crippen LogP contribution is -2.44. The molecule has 0 radical (unpaired) electrons. The molecule has 0 aromatic heterocycles. The van der Waals surface area contributed by atoms with Crippen LogP contribution in [0.5, 0.6) is 0 Å². The molecule has 21 heavy (non-hydrogen) atoms. The summed E-state index contributed by atoms with van der Waals surface area (Å²) in [6, 6.07) is -0.287. The lowest BCUT2D eigenvalue weighted by Gasteiger charge is -2.25. The monoisotopic (exact) mass is 300 g/mol. The Labute approximate surface area is 128 Å². The molecule has 0 saturated carbocycles. The third-order valence-electron chi connectivity index (χ3n) is 3.79. The summed E-state index contributed by atoms with van der Waals surface area (Å²) in [6.07, 6.45) is 4.65. The first-order valence-electron chi connectivity index (χ1n) is 7.94. The Morgan fingerprint density at radius 2 is 1.76 bits per heavy atom. The minimum absolute atomic E-state index is 0.00622. The van der Waals surface area contributed by atoms with Crippen molar-refractivity contribution in [3.05, 3.63) is 0 Å². The summed E-state index contributed by atoms with van der Waals surface area (Å²) in [7, 11) is 0. The molecule has 5 nitrogen and oxygen atoms in total. The second kappa shape index (κ2) is 9.64. The van der Waals surface area contributed by atoms with E-state index in [1.54, 1.807) is 0 Å². The average Bonchev–Trinajstić information content (AvgIpc) is 2.36. The van der Waals surface area contributed by atoms with E-state index in [0.29, 0.717) is 6.54 Å². The first kappa shape index (κ1) is 19.7. The second-order valence-electron chi connectivity index (χ2n) is 6.87. The van der Waals surface area contributed by atoms with Crippen LogP contribution in [0.2, 0.25) is 0 Å². The van der Waals surface area contributed by atoms with Crippen LogP contribution in [-0.2, 0) is 4.79 Å². The molecule has 0 heterocycles. The Balaban J connectivity index is 4.06. The summed E-state index contributed by atoms with van der Waals surface area (Å²) in [5.41, 5.74) is 0.0662. The topological polar surface area (TPSA) is 78.4 Å². The number of carboxylic acid groups (broad SMARTS) is 1. The molecule has 0 saturated heterocycles. The summed E-state index contributed by atoms with van der Waals surface area (Å²) in [5, 5.41) is 14.6.